The first kappa shape index (κ1) is 21.1. The number of carbonyl (C=O) groups excluding carboxylic acids is 1. The second-order valence-electron chi connectivity index (χ2n) is 5.15. The SMILES string of the molecule is COc1cc(OC(F)(F)F)ccc1Oc1cc(F)c(C(F)(F)F)c(C(N)=O)c1. The highest BCUT2D eigenvalue weighted by Gasteiger charge is 2.39. The number of nitrogens with two attached hydrogens (primary N) is 1. The second kappa shape index (κ2) is 7.44. The molecule has 1 amide bonds. The predicted molar refractivity (Wildman–Crippen MR) is 79.7 cm³/mol. The summed E-state index contributed by atoms with van der Waals surface area (Å²) in [7, 11) is 1.07. The number of rotatable bonds is 5. The molecule has 0 heterocycles. The van der Waals surface area contributed by atoms with E-state index in [9.17, 15) is 35.5 Å². The highest BCUT2D eigenvalue weighted by molar-refractivity contribution is 5.95. The molecule has 2 rings (SSSR count). The largest absolute Gasteiger partial charge is 0.573 e. The Balaban J connectivity index is 2.44. The van der Waals surface area contributed by atoms with E-state index in [0.29, 0.717) is 12.1 Å². The molecule has 5 nitrogen and oxygen atoms in total. The van der Waals surface area contributed by atoms with E-state index in [0.717, 1.165) is 25.3 Å². The molecule has 152 valence electrons. The Morgan fingerprint density at radius 3 is 2.11 bits per heavy atom. The van der Waals surface area contributed by atoms with Crippen LogP contribution in [-0.2, 0) is 6.18 Å². The average molecular weight is 413 g/mol. The van der Waals surface area contributed by atoms with Gasteiger partial charge in [-0.1, -0.05) is 0 Å². The number of hydrogen-bond donors (Lipinski definition) is 1. The molecule has 0 spiro atoms. The first-order valence-electron chi connectivity index (χ1n) is 7.14. The minimum atomic E-state index is -5.19. The monoisotopic (exact) mass is 413 g/mol. The molecule has 0 atom stereocenters. The van der Waals surface area contributed by atoms with Crippen LogP contribution in [0.4, 0.5) is 30.7 Å². The van der Waals surface area contributed by atoms with Crippen LogP contribution in [0, 0.1) is 5.82 Å². The number of benzene rings is 2. The average Bonchev–Trinajstić information content (AvgIpc) is 2.52. The number of methoxy groups -OCH3 is 1. The van der Waals surface area contributed by atoms with Crippen molar-refractivity contribution in [3.63, 3.8) is 0 Å². The lowest BCUT2D eigenvalue weighted by Crippen LogP contribution is -2.20. The number of ether oxygens (including phenoxy) is 3. The van der Waals surface area contributed by atoms with Gasteiger partial charge in [-0.15, -0.1) is 13.2 Å². The van der Waals surface area contributed by atoms with Crippen molar-refractivity contribution in [3.05, 3.63) is 47.3 Å². The molecule has 0 fully saturated rings. The Kier molecular flexibility index (Phi) is 5.62. The summed E-state index contributed by atoms with van der Waals surface area (Å²) in [5.74, 6) is -5.20. The van der Waals surface area contributed by atoms with Crippen LogP contribution in [0.15, 0.2) is 30.3 Å². The Labute approximate surface area is 152 Å². The highest BCUT2D eigenvalue weighted by atomic mass is 19.4. The van der Waals surface area contributed by atoms with Gasteiger partial charge >= 0.3 is 12.5 Å². The molecule has 12 heteroatoms. The van der Waals surface area contributed by atoms with Gasteiger partial charge in [0.15, 0.2) is 11.5 Å². The van der Waals surface area contributed by atoms with E-state index in [1.807, 2.05) is 0 Å². The molecule has 0 bridgehead atoms. The zero-order chi connectivity index (χ0) is 21.3. The summed E-state index contributed by atoms with van der Waals surface area (Å²) in [4.78, 5) is 11.3. The van der Waals surface area contributed by atoms with Crippen molar-refractivity contribution in [2.75, 3.05) is 7.11 Å². The Morgan fingerprint density at radius 2 is 1.61 bits per heavy atom. The Bertz CT molecular complexity index is 894. The topological polar surface area (TPSA) is 70.8 Å². The number of carbonyl (C=O) groups is 1. The van der Waals surface area contributed by atoms with Gasteiger partial charge in [0.25, 0.3) is 0 Å². The van der Waals surface area contributed by atoms with Crippen molar-refractivity contribution in [2.24, 2.45) is 5.73 Å². The van der Waals surface area contributed by atoms with Crippen molar-refractivity contribution in [1.29, 1.82) is 0 Å². The zero-order valence-electron chi connectivity index (χ0n) is 13.7. The molecule has 0 radical (unpaired) electrons. The molecule has 0 unspecified atom stereocenters. The maximum atomic E-state index is 13.9. The molecule has 2 aromatic carbocycles. The number of hydrogen-bond acceptors (Lipinski definition) is 4. The van der Waals surface area contributed by atoms with E-state index in [1.165, 1.54) is 0 Å². The van der Waals surface area contributed by atoms with E-state index >= 15 is 0 Å². The maximum absolute atomic E-state index is 13.9. The number of halogens is 7. The van der Waals surface area contributed by atoms with E-state index in [2.05, 4.69) is 4.74 Å². The minimum absolute atomic E-state index is 0.286. The lowest BCUT2D eigenvalue weighted by atomic mass is 10.1. The van der Waals surface area contributed by atoms with Crippen molar-refractivity contribution in [3.8, 4) is 23.0 Å². The van der Waals surface area contributed by atoms with Gasteiger partial charge in [0, 0.05) is 12.1 Å². The lowest BCUT2D eigenvalue weighted by molar-refractivity contribution is -0.274. The molecule has 2 aromatic rings. The van der Waals surface area contributed by atoms with Crippen LogP contribution in [0.5, 0.6) is 23.0 Å². The van der Waals surface area contributed by atoms with E-state index < -0.39 is 46.9 Å². The van der Waals surface area contributed by atoms with Gasteiger partial charge in [-0.05, 0) is 18.2 Å². The molecule has 0 aromatic heterocycles. The van der Waals surface area contributed by atoms with Gasteiger partial charge in [0.2, 0.25) is 5.91 Å². The van der Waals surface area contributed by atoms with Crippen molar-refractivity contribution in [1.82, 2.24) is 0 Å². The normalized spacial score (nSPS) is 11.9. The molecule has 0 aliphatic rings. The van der Waals surface area contributed by atoms with Crippen LogP contribution >= 0.6 is 0 Å². The molecule has 2 N–H and O–H groups in total. The molecular weight excluding hydrogens is 403 g/mol. The molecule has 0 aliphatic carbocycles. The van der Waals surface area contributed by atoms with Crippen molar-refractivity contribution < 1.29 is 49.7 Å². The molecular formula is C16H10F7NO4. The lowest BCUT2D eigenvalue weighted by Gasteiger charge is -2.16. The van der Waals surface area contributed by atoms with E-state index in [4.69, 9.17) is 15.2 Å². The van der Waals surface area contributed by atoms with E-state index in [1.54, 1.807) is 0 Å². The molecule has 0 aliphatic heterocycles. The summed E-state index contributed by atoms with van der Waals surface area (Å²) in [5, 5.41) is 0. The van der Waals surface area contributed by atoms with Gasteiger partial charge in [0.1, 0.15) is 22.9 Å². The fourth-order valence-electron chi connectivity index (χ4n) is 2.18. The summed E-state index contributed by atoms with van der Waals surface area (Å²) >= 11 is 0. The summed E-state index contributed by atoms with van der Waals surface area (Å²) in [6, 6.07) is 3.46. The molecule has 28 heavy (non-hydrogen) atoms. The molecule has 0 saturated heterocycles. The molecule has 0 saturated carbocycles. The number of amides is 1. The van der Waals surface area contributed by atoms with Crippen LogP contribution in [0.25, 0.3) is 0 Å². The zero-order valence-corrected chi connectivity index (χ0v) is 13.7. The third-order valence-corrected chi connectivity index (χ3v) is 3.21. The predicted octanol–water partition coefficient (Wildman–Crippen LogP) is 4.64. The quantitative estimate of drug-likeness (QED) is 0.725. The Hall–Kier alpha value is -3.18. The number of alkyl halides is 6. The van der Waals surface area contributed by atoms with Crippen LogP contribution in [0.3, 0.4) is 0 Å². The third kappa shape index (κ3) is 4.96. The number of primary amides is 1. The third-order valence-electron chi connectivity index (χ3n) is 3.21. The summed E-state index contributed by atoms with van der Waals surface area (Å²) in [6.45, 7) is 0. The van der Waals surface area contributed by atoms with Crippen LogP contribution in [0.2, 0.25) is 0 Å². The van der Waals surface area contributed by atoms with Gasteiger partial charge in [0.05, 0.1) is 12.7 Å². The first-order valence-corrected chi connectivity index (χ1v) is 7.14. The van der Waals surface area contributed by atoms with Crippen LogP contribution in [0.1, 0.15) is 15.9 Å². The van der Waals surface area contributed by atoms with Crippen molar-refractivity contribution >= 4 is 5.91 Å². The van der Waals surface area contributed by atoms with Gasteiger partial charge < -0.3 is 19.9 Å². The summed E-state index contributed by atoms with van der Waals surface area (Å²) in [6.07, 6.45) is -10.2. The standard InChI is InChI=1S/C16H10F7NO4/c1-26-12-6-7(28-16(21,22)23)2-3-11(12)27-8-4-9(14(24)25)13(10(17)5-8)15(18,19)20/h2-6H,1H3,(H2,24,25). The second-order valence-corrected chi connectivity index (χ2v) is 5.15. The maximum Gasteiger partial charge on any atom is 0.573 e. The fraction of sp³-hybridized carbons (Fsp3) is 0.188. The highest BCUT2D eigenvalue weighted by Crippen LogP contribution is 2.40. The van der Waals surface area contributed by atoms with Gasteiger partial charge in [-0.2, -0.15) is 13.2 Å². The fourth-order valence-corrected chi connectivity index (χ4v) is 2.18. The van der Waals surface area contributed by atoms with Crippen LogP contribution < -0.4 is 19.9 Å². The summed E-state index contributed by atoms with van der Waals surface area (Å²) in [5.41, 5.74) is 1.82. The van der Waals surface area contributed by atoms with Gasteiger partial charge in [-0.25, -0.2) is 4.39 Å². The minimum Gasteiger partial charge on any atom is -0.493 e. The van der Waals surface area contributed by atoms with Crippen molar-refractivity contribution in [2.45, 2.75) is 12.5 Å². The smallest absolute Gasteiger partial charge is 0.493 e. The Morgan fingerprint density at radius 1 is 0.964 bits per heavy atom. The van der Waals surface area contributed by atoms with E-state index in [-0.39, 0.29) is 11.5 Å². The van der Waals surface area contributed by atoms with Gasteiger partial charge in [-0.3, -0.25) is 4.79 Å². The first-order chi connectivity index (χ1) is 12.8. The van der Waals surface area contributed by atoms with Crippen LogP contribution in [-0.4, -0.2) is 19.4 Å². The summed E-state index contributed by atoms with van der Waals surface area (Å²) < 4.78 is 103.